The van der Waals surface area contributed by atoms with Crippen LogP contribution in [0.1, 0.15) is 32.3 Å². The van der Waals surface area contributed by atoms with Crippen molar-refractivity contribution in [3.05, 3.63) is 17.7 Å². The van der Waals surface area contributed by atoms with Crippen LogP contribution in [0.15, 0.2) is 10.6 Å². The Morgan fingerprint density at radius 2 is 1.92 bits per heavy atom. The Hall–Kier alpha value is -0.843. The van der Waals surface area contributed by atoms with Crippen LogP contribution in [0, 0.1) is 0 Å². The van der Waals surface area contributed by atoms with Crippen LogP contribution in [0.3, 0.4) is 0 Å². The summed E-state index contributed by atoms with van der Waals surface area (Å²) in [6.07, 6.45) is -2.28. The molecule has 0 saturated carbocycles. The molecule has 0 aliphatic carbocycles. The average molecular weight is 398 g/mol. The van der Waals surface area contributed by atoms with Gasteiger partial charge >= 0.3 is 6.18 Å². The molecule has 0 unspecified atom stereocenters. The molecule has 0 spiro atoms. The Balaban J connectivity index is 2.86. The topological polar surface area (TPSA) is 62.5 Å². The van der Waals surface area contributed by atoms with E-state index in [1.54, 1.807) is 20.8 Å². The minimum atomic E-state index is -4.60. The number of rotatable bonds is 7. The SMILES string of the molecule is CC(C)(C)[S@@+]([O-])/N=C/c1cn(COCC[Si](C)(C)C)c(C(F)(F)F)n1. The molecule has 5 nitrogen and oxygen atoms in total. The van der Waals surface area contributed by atoms with E-state index in [9.17, 15) is 17.7 Å². The van der Waals surface area contributed by atoms with Gasteiger partial charge in [-0.3, -0.25) is 0 Å². The van der Waals surface area contributed by atoms with Crippen molar-refractivity contribution >= 4 is 25.7 Å². The maximum atomic E-state index is 13.1. The number of aromatic nitrogens is 2. The van der Waals surface area contributed by atoms with E-state index in [1.165, 1.54) is 6.20 Å². The third-order valence-electron chi connectivity index (χ3n) is 3.08. The molecule has 10 heteroatoms. The Morgan fingerprint density at radius 1 is 1.32 bits per heavy atom. The fraction of sp³-hybridized carbons (Fsp3) is 0.733. The normalized spacial score (nSPS) is 15.1. The molecule has 0 bridgehead atoms. The van der Waals surface area contributed by atoms with Crippen LogP contribution in [0.5, 0.6) is 0 Å². The molecule has 1 rings (SSSR count). The second-order valence-electron chi connectivity index (χ2n) is 7.90. The van der Waals surface area contributed by atoms with Crippen LogP contribution >= 0.6 is 0 Å². The molecule has 0 radical (unpaired) electrons. The maximum Gasteiger partial charge on any atom is 0.449 e. The van der Waals surface area contributed by atoms with Crippen LogP contribution < -0.4 is 0 Å². The van der Waals surface area contributed by atoms with Crippen LogP contribution in [0.4, 0.5) is 13.2 Å². The summed E-state index contributed by atoms with van der Waals surface area (Å²) >= 11 is -1.56. The summed E-state index contributed by atoms with van der Waals surface area (Å²) in [5.74, 6) is -1.05. The zero-order chi connectivity index (χ0) is 19.5. The van der Waals surface area contributed by atoms with Gasteiger partial charge in [-0.2, -0.15) is 13.2 Å². The van der Waals surface area contributed by atoms with E-state index in [-0.39, 0.29) is 12.4 Å². The Kier molecular flexibility index (Phi) is 7.31. The Labute approximate surface area is 151 Å². The summed E-state index contributed by atoms with van der Waals surface area (Å²) in [5.41, 5.74) is -0.00118. The lowest BCUT2D eigenvalue weighted by molar-refractivity contribution is -0.149. The third kappa shape index (κ3) is 7.93. The van der Waals surface area contributed by atoms with Crippen LogP contribution in [0.25, 0.3) is 0 Å². The molecule has 0 aliphatic heterocycles. The fourth-order valence-corrected chi connectivity index (χ4v) is 2.90. The second kappa shape index (κ2) is 8.23. The summed E-state index contributed by atoms with van der Waals surface area (Å²) in [4.78, 5) is 3.55. The highest BCUT2D eigenvalue weighted by atomic mass is 32.2. The van der Waals surface area contributed by atoms with Gasteiger partial charge in [0.05, 0.1) is 0 Å². The lowest BCUT2D eigenvalue weighted by Gasteiger charge is -2.17. The molecule has 1 heterocycles. The summed E-state index contributed by atoms with van der Waals surface area (Å²) in [6.45, 7) is 11.9. The standard InChI is InChI=1S/C15H26F3N3O2SSi/c1-14(2,3)24(22)19-9-12-10-21(13(20-12)15(16,17)18)11-23-7-8-25(4,5)6/h9-10H,7-8,11H2,1-6H3/b19-9+/t24-/m1/s1. The zero-order valence-electron chi connectivity index (χ0n) is 15.5. The first kappa shape index (κ1) is 22.2. The molecule has 1 aromatic rings. The molecule has 25 heavy (non-hydrogen) atoms. The highest BCUT2D eigenvalue weighted by Crippen LogP contribution is 2.28. The molecule has 0 fully saturated rings. The molecule has 0 aliphatic rings. The van der Waals surface area contributed by atoms with Crippen molar-refractivity contribution in [3.63, 3.8) is 0 Å². The van der Waals surface area contributed by atoms with Crippen molar-refractivity contribution in [1.29, 1.82) is 0 Å². The summed E-state index contributed by atoms with van der Waals surface area (Å²) < 4.78 is 60.7. The number of hydrogen-bond acceptors (Lipinski definition) is 4. The van der Waals surface area contributed by atoms with Gasteiger partial charge in [-0.15, -0.1) is 0 Å². The number of hydrogen-bond donors (Lipinski definition) is 0. The number of alkyl halides is 3. The summed E-state index contributed by atoms with van der Waals surface area (Å²) in [7, 11) is -1.31. The predicted octanol–water partition coefficient (Wildman–Crippen LogP) is 4.10. The van der Waals surface area contributed by atoms with Crippen molar-refractivity contribution in [3.8, 4) is 0 Å². The van der Waals surface area contributed by atoms with Gasteiger partial charge in [0.1, 0.15) is 34.7 Å². The molecule has 0 saturated heterocycles. The quantitative estimate of drug-likeness (QED) is 0.301. The highest BCUT2D eigenvalue weighted by Gasteiger charge is 2.37. The third-order valence-corrected chi connectivity index (χ3v) is 6.13. The van der Waals surface area contributed by atoms with Crippen molar-refractivity contribution in [1.82, 2.24) is 9.55 Å². The van der Waals surface area contributed by atoms with E-state index in [0.29, 0.717) is 6.61 Å². The Bertz CT molecular complexity index is 592. The summed E-state index contributed by atoms with van der Waals surface area (Å²) in [6, 6.07) is 0.863. The predicted molar refractivity (Wildman–Crippen MR) is 96.8 cm³/mol. The molecule has 144 valence electrons. The number of nitrogens with zero attached hydrogens (tertiary/aromatic N) is 3. The monoisotopic (exact) mass is 397 g/mol. The van der Waals surface area contributed by atoms with E-state index in [0.717, 1.165) is 16.8 Å². The molecular formula is C15H26F3N3O2SSi. The fourth-order valence-electron chi connectivity index (χ4n) is 1.62. The van der Waals surface area contributed by atoms with Gasteiger partial charge in [-0.1, -0.05) is 24.0 Å². The van der Waals surface area contributed by atoms with Gasteiger partial charge < -0.3 is 13.9 Å². The van der Waals surface area contributed by atoms with Gasteiger partial charge in [0.2, 0.25) is 5.82 Å². The molecule has 1 atom stereocenters. The summed E-state index contributed by atoms with van der Waals surface area (Å²) in [5, 5.41) is 0. The van der Waals surface area contributed by atoms with Crippen molar-refractivity contribution in [2.75, 3.05) is 6.61 Å². The van der Waals surface area contributed by atoms with E-state index in [2.05, 4.69) is 29.0 Å². The molecule has 0 amide bonds. The van der Waals surface area contributed by atoms with E-state index < -0.39 is 36.2 Å². The molecule has 0 aromatic carbocycles. The minimum absolute atomic E-state index is 0.00118. The first-order valence-corrected chi connectivity index (χ1v) is 12.7. The van der Waals surface area contributed by atoms with E-state index in [4.69, 9.17) is 4.74 Å². The minimum Gasteiger partial charge on any atom is -0.591 e. The maximum absolute atomic E-state index is 13.1. The van der Waals surface area contributed by atoms with Crippen LogP contribution in [-0.2, 0) is 29.0 Å². The van der Waals surface area contributed by atoms with Gasteiger partial charge in [-0.25, -0.2) is 4.98 Å². The van der Waals surface area contributed by atoms with Gasteiger partial charge in [0.15, 0.2) is 0 Å². The Morgan fingerprint density at radius 3 is 2.40 bits per heavy atom. The van der Waals surface area contributed by atoms with Crippen molar-refractivity contribution < 1.29 is 22.5 Å². The zero-order valence-corrected chi connectivity index (χ0v) is 17.3. The van der Waals surface area contributed by atoms with E-state index in [1.807, 2.05) is 0 Å². The van der Waals surface area contributed by atoms with Gasteiger partial charge in [0, 0.05) is 20.9 Å². The number of imidazole rings is 1. The van der Waals surface area contributed by atoms with Crippen molar-refractivity contribution in [2.24, 2.45) is 4.40 Å². The van der Waals surface area contributed by atoms with Crippen LogP contribution in [0.2, 0.25) is 25.7 Å². The molecular weight excluding hydrogens is 371 g/mol. The lowest BCUT2D eigenvalue weighted by atomic mass is 10.3. The van der Waals surface area contributed by atoms with Gasteiger partial charge in [-0.05, 0) is 26.8 Å². The van der Waals surface area contributed by atoms with E-state index >= 15 is 0 Å². The van der Waals surface area contributed by atoms with Crippen LogP contribution in [-0.4, -0.2) is 39.7 Å². The highest BCUT2D eigenvalue weighted by molar-refractivity contribution is 7.91. The first-order chi connectivity index (χ1) is 11.2. The molecule has 1 aromatic heterocycles. The average Bonchev–Trinajstić information content (AvgIpc) is 2.82. The number of ether oxygens (including phenoxy) is 1. The molecule has 0 N–H and O–H groups in total. The van der Waals surface area contributed by atoms with Gasteiger partial charge in [0.25, 0.3) is 0 Å². The lowest BCUT2D eigenvalue weighted by Crippen LogP contribution is -2.25. The largest absolute Gasteiger partial charge is 0.591 e. The second-order valence-corrected chi connectivity index (χ2v) is 15.5. The van der Waals surface area contributed by atoms with Crippen molar-refractivity contribution in [2.45, 2.75) is 64.1 Å². The smallest absolute Gasteiger partial charge is 0.449 e. The number of halogens is 3. The first-order valence-electron chi connectivity index (χ1n) is 7.88.